The molecule has 5 aromatic rings. The smallest absolute Gasteiger partial charge is 0.417 e. The Morgan fingerprint density at radius 2 is 1.51 bits per heavy atom. The van der Waals surface area contributed by atoms with Gasteiger partial charge in [-0.05, 0) is 25.1 Å². The van der Waals surface area contributed by atoms with Crippen LogP contribution in [0, 0.1) is 47.3 Å². The number of nitrogens with zero attached hydrogens (tertiary/aromatic N) is 5. The van der Waals surface area contributed by atoms with Crippen molar-refractivity contribution in [2.45, 2.75) is 18.0 Å². The lowest BCUT2D eigenvalue weighted by molar-refractivity contribution is -0.137. The van der Waals surface area contributed by atoms with Gasteiger partial charge in [-0.15, -0.1) is 0 Å². The van der Waals surface area contributed by atoms with Gasteiger partial charge in [0.1, 0.15) is 6.07 Å². The molecule has 0 spiro atoms. The zero-order valence-corrected chi connectivity index (χ0v) is 21.8. The highest BCUT2D eigenvalue weighted by Gasteiger charge is 2.34. The van der Waals surface area contributed by atoms with Crippen molar-refractivity contribution in [3.63, 3.8) is 0 Å². The minimum Gasteiger partial charge on any atom is -0.418 e. The molecule has 220 valence electrons. The molecular weight excluding hydrogens is 614 g/mol. The summed E-state index contributed by atoms with van der Waals surface area (Å²) >= 11 is 0. The second kappa shape index (κ2) is 10.3. The van der Waals surface area contributed by atoms with Gasteiger partial charge in [-0.25, -0.2) is 35.5 Å². The summed E-state index contributed by atoms with van der Waals surface area (Å²) in [7, 11) is -4.52. The summed E-state index contributed by atoms with van der Waals surface area (Å²) < 4.78 is 142. The Hall–Kier alpha value is -5.11. The van der Waals surface area contributed by atoms with Gasteiger partial charge in [0.25, 0.3) is 10.0 Å². The summed E-state index contributed by atoms with van der Waals surface area (Å²) in [6.45, 7) is 1.68. The minimum absolute atomic E-state index is 0.276. The monoisotopic (exact) mass is 625 g/mol. The molecule has 0 aliphatic heterocycles. The summed E-state index contributed by atoms with van der Waals surface area (Å²) in [5.41, 5.74) is -2.68. The van der Waals surface area contributed by atoms with Crippen molar-refractivity contribution >= 4 is 21.1 Å². The molecule has 17 heteroatoms. The van der Waals surface area contributed by atoms with Crippen LogP contribution in [0.1, 0.15) is 16.7 Å². The quantitative estimate of drug-likeness (QED) is 0.126. The van der Waals surface area contributed by atoms with Crippen LogP contribution in [0.25, 0.3) is 22.3 Å². The summed E-state index contributed by atoms with van der Waals surface area (Å²) in [5, 5.41) is 9.14. The fourth-order valence-corrected chi connectivity index (χ4v) is 5.22. The largest absolute Gasteiger partial charge is 0.418 e. The van der Waals surface area contributed by atoms with Crippen molar-refractivity contribution < 1.29 is 48.3 Å². The predicted octanol–water partition coefficient (Wildman–Crippen LogP) is 6.42. The Bertz CT molecular complexity index is 2060. The first-order valence-electron chi connectivity index (χ1n) is 11.5. The van der Waals surface area contributed by atoms with E-state index in [2.05, 4.69) is 15.0 Å². The Morgan fingerprint density at radius 3 is 2.09 bits per heavy atom. The van der Waals surface area contributed by atoms with Crippen LogP contribution >= 0.6 is 0 Å². The third-order valence-corrected chi connectivity index (χ3v) is 7.69. The van der Waals surface area contributed by atoms with Crippen molar-refractivity contribution in [1.29, 1.82) is 5.26 Å². The number of pyridine rings is 1. The number of rotatable bonds is 5. The van der Waals surface area contributed by atoms with E-state index >= 15 is 0 Å². The van der Waals surface area contributed by atoms with Crippen molar-refractivity contribution in [2.75, 3.05) is 0 Å². The minimum atomic E-state index is -4.94. The van der Waals surface area contributed by atoms with Crippen LogP contribution in [0.3, 0.4) is 0 Å². The molecule has 0 unspecified atom stereocenters. The maximum absolute atomic E-state index is 14.2. The first kappa shape index (κ1) is 29.4. The molecule has 0 aliphatic carbocycles. The number of nitriles is 1. The number of hydrogen-bond donors (Lipinski definition) is 0. The Morgan fingerprint density at radius 1 is 0.907 bits per heavy atom. The fourth-order valence-electron chi connectivity index (χ4n) is 3.90. The summed E-state index contributed by atoms with van der Waals surface area (Å²) in [4.78, 5) is 10.7. The maximum atomic E-state index is 14.2. The molecule has 5 rings (SSSR count). The third kappa shape index (κ3) is 4.99. The van der Waals surface area contributed by atoms with Gasteiger partial charge >= 0.3 is 12.2 Å². The van der Waals surface area contributed by atoms with Crippen LogP contribution in [0.4, 0.5) is 35.1 Å². The predicted molar refractivity (Wildman–Crippen MR) is 131 cm³/mol. The zero-order valence-electron chi connectivity index (χ0n) is 21.0. The van der Waals surface area contributed by atoms with Crippen molar-refractivity contribution in [1.82, 2.24) is 18.9 Å². The summed E-state index contributed by atoms with van der Waals surface area (Å²) in [5.74, 6) is -13.7. The van der Waals surface area contributed by atoms with E-state index in [0.717, 1.165) is 6.20 Å². The Labute approximate surface area is 235 Å². The van der Waals surface area contributed by atoms with Gasteiger partial charge in [-0.1, -0.05) is 17.7 Å². The average molecular weight is 625 g/mol. The van der Waals surface area contributed by atoms with Crippen LogP contribution < -0.4 is 4.74 Å². The molecule has 0 bridgehead atoms. The standard InChI is InChI=1S/C26H11F8N5O3S/c1-11-2-4-14(5-3-11)43(40,41)39-10-16(15-6-13(26(32,33)34)9-36-24(15)39)22-12(7-35)8-37-25(38-22)42-23-20(30)18(28)17(27)19(29)21(23)31/h2-6,8-10H,1H3. The van der Waals surface area contributed by atoms with Gasteiger partial charge in [-0.2, -0.15) is 32.2 Å². The van der Waals surface area contributed by atoms with E-state index in [4.69, 9.17) is 4.74 Å². The van der Waals surface area contributed by atoms with Gasteiger partial charge in [0.15, 0.2) is 5.65 Å². The Kier molecular flexibility index (Phi) is 7.05. The van der Waals surface area contributed by atoms with Gasteiger partial charge in [0.05, 0.1) is 27.9 Å². The lowest BCUT2D eigenvalue weighted by Gasteiger charge is -2.10. The highest BCUT2D eigenvalue weighted by atomic mass is 32.2. The second-order valence-corrected chi connectivity index (χ2v) is 10.6. The number of alkyl halides is 3. The van der Waals surface area contributed by atoms with E-state index < -0.39 is 90.5 Å². The second-order valence-electron chi connectivity index (χ2n) is 8.78. The number of halogens is 8. The number of ether oxygens (including phenoxy) is 1. The van der Waals surface area contributed by atoms with Crippen LogP contribution in [0.2, 0.25) is 0 Å². The molecule has 0 atom stereocenters. The molecule has 43 heavy (non-hydrogen) atoms. The van der Waals surface area contributed by atoms with Gasteiger partial charge in [-0.3, -0.25) is 0 Å². The van der Waals surface area contributed by atoms with E-state index in [-0.39, 0.29) is 4.90 Å². The van der Waals surface area contributed by atoms with E-state index in [1.165, 1.54) is 24.3 Å². The van der Waals surface area contributed by atoms with Gasteiger partial charge < -0.3 is 4.74 Å². The molecule has 0 radical (unpaired) electrons. The molecular formula is C26H11F8N5O3S. The molecule has 0 saturated heterocycles. The SMILES string of the molecule is Cc1ccc(S(=O)(=O)n2cc(-c3nc(Oc4c(F)c(F)c(F)c(F)c4F)ncc3C#N)c3cc(C(F)(F)F)cnc32)cc1. The highest BCUT2D eigenvalue weighted by Crippen LogP contribution is 2.38. The van der Waals surface area contributed by atoms with E-state index in [0.29, 0.717) is 28.0 Å². The average Bonchev–Trinajstić information content (AvgIpc) is 3.37. The van der Waals surface area contributed by atoms with E-state index in [9.17, 15) is 48.8 Å². The van der Waals surface area contributed by atoms with Crippen LogP contribution in [0.15, 0.2) is 53.8 Å². The molecule has 0 aliphatic rings. The lowest BCUT2D eigenvalue weighted by atomic mass is 10.1. The molecule has 2 aromatic carbocycles. The van der Waals surface area contributed by atoms with E-state index in [1.807, 2.05) is 0 Å². The maximum Gasteiger partial charge on any atom is 0.417 e. The number of aromatic nitrogens is 4. The van der Waals surface area contributed by atoms with Crippen LogP contribution in [0.5, 0.6) is 11.8 Å². The molecule has 3 aromatic heterocycles. The molecule has 3 heterocycles. The molecule has 0 saturated carbocycles. The summed E-state index contributed by atoms with van der Waals surface area (Å²) in [6, 6.07) is 6.48. The number of hydrogen-bond acceptors (Lipinski definition) is 7. The molecule has 0 N–H and O–H groups in total. The topological polar surface area (TPSA) is 111 Å². The van der Waals surface area contributed by atoms with Crippen molar-refractivity contribution in [3.8, 4) is 29.1 Å². The molecule has 0 amide bonds. The Balaban J connectivity index is 1.76. The van der Waals surface area contributed by atoms with Crippen molar-refractivity contribution in [2.24, 2.45) is 0 Å². The summed E-state index contributed by atoms with van der Waals surface area (Å²) in [6.07, 6.45) is -3.07. The van der Waals surface area contributed by atoms with Crippen molar-refractivity contribution in [3.05, 3.63) is 94.7 Å². The normalized spacial score (nSPS) is 12.0. The molecule has 0 fully saturated rings. The fraction of sp³-hybridized carbons (Fsp3) is 0.0769. The third-order valence-electron chi connectivity index (χ3n) is 6.02. The number of fused-ring (bicyclic) bond motifs is 1. The van der Waals surface area contributed by atoms with Crippen LogP contribution in [-0.2, 0) is 16.2 Å². The molecule has 8 nitrogen and oxygen atoms in total. The van der Waals surface area contributed by atoms with Crippen LogP contribution in [-0.4, -0.2) is 27.3 Å². The van der Waals surface area contributed by atoms with Gasteiger partial charge in [0.2, 0.25) is 34.8 Å². The zero-order chi connectivity index (χ0) is 31.4. The first-order valence-corrected chi connectivity index (χ1v) is 13.0. The number of benzene rings is 2. The lowest BCUT2D eigenvalue weighted by Crippen LogP contribution is -2.13. The first-order chi connectivity index (χ1) is 20.1. The highest BCUT2D eigenvalue weighted by molar-refractivity contribution is 7.90. The van der Waals surface area contributed by atoms with Gasteiger partial charge in [0, 0.05) is 23.3 Å². The number of aryl methyl sites for hydroxylation is 1. The van der Waals surface area contributed by atoms with E-state index in [1.54, 1.807) is 13.0 Å².